The molecule has 4 rings (SSSR count). The van der Waals surface area contributed by atoms with Crippen molar-refractivity contribution < 1.29 is 18.4 Å². The second-order valence-electron chi connectivity index (χ2n) is 8.98. The van der Waals surface area contributed by atoms with E-state index in [9.17, 15) is 18.4 Å². The van der Waals surface area contributed by atoms with Gasteiger partial charge < -0.3 is 20.0 Å². The van der Waals surface area contributed by atoms with Crippen LogP contribution in [0.3, 0.4) is 0 Å². The molecule has 2 heterocycles. The first-order valence-corrected chi connectivity index (χ1v) is 13.5. The SMILES string of the molecule is C=CC(=O)Cl.C=CC(=O)N1CCN(c2ccc(F)c(Cl)c2)[C@@H](C)C1.C[C@H]1CNCCN1c1ccc(F)c(Cl)c1.Cl.Cl. The maximum Gasteiger partial charge on any atom is 0.246 e. The Morgan fingerprint density at radius 2 is 1.37 bits per heavy atom. The van der Waals surface area contributed by atoms with E-state index in [0.717, 1.165) is 37.1 Å². The number of benzene rings is 2. The zero-order valence-electron chi connectivity index (χ0n) is 22.8. The van der Waals surface area contributed by atoms with Crippen LogP contribution in [0.5, 0.6) is 0 Å². The summed E-state index contributed by atoms with van der Waals surface area (Å²) in [6.45, 7) is 15.5. The highest BCUT2D eigenvalue weighted by Gasteiger charge is 2.26. The van der Waals surface area contributed by atoms with Crippen LogP contribution in [0.4, 0.5) is 20.2 Å². The fourth-order valence-corrected chi connectivity index (χ4v) is 4.57. The molecule has 1 N–H and O–H groups in total. The molecule has 1 amide bonds. The Morgan fingerprint density at radius 1 is 0.878 bits per heavy atom. The minimum atomic E-state index is -0.509. The second-order valence-corrected chi connectivity index (χ2v) is 10.2. The summed E-state index contributed by atoms with van der Waals surface area (Å²) in [5, 5.41) is 3.11. The van der Waals surface area contributed by atoms with Gasteiger partial charge in [-0.3, -0.25) is 9.59 Å². The summed E-state index contributed by atoms with van der Waals surface area (Å²) in [5.41, 5.74) is 1.88. The fraction of sp³-hybridized carbons (Fsp3) is 0.357. The predicted octanol–water partition coefficient (Wildman–Crippen LogP) is 6.76. The van der Waals surface area contributed by atoms with Crippen molar-refractivity contribution in [3.63, 3.8) is 0 Å². The van der Waals surface area contributed by atoms with Crippen molar-refractivity contribution in [3.05, 3.63) is 83.4 Å². The first-order valence-electron chi connectivity index (χ1n) is 12.4. The number of halogens is 7. The average molecular weight is 675 g/mol. The molecule has 41 heavy (non-hydrogen) atoms. The number of anilines is 2. The number of hydrogen-bond acceptors (Lipinski definition) is 5. The zero-order chi connectivity index (χ0) is 29.1. The van der Waals surface area contributed by atoms with Crippen molar-refractivity contribution >= 4 is 82.1 Å². The van der Waals surface area contributed by atoms with Crippen molar-refractivity contribution in [1.82, 2.24) is 10.2 Å². The number of nitrogens with one attached hydrogen (secondary N) is 1. The largest absolute Gasteiger partial charge is 0.366 e. The lowest BCUT2D eigenvalue weighted by Gasteiger charge is -2.41. The Labute approximate surface area is 268 Å². The van der Waals surface area contributed by atoms with Gasteiger partial charge in [-0.05, 0) is 74.0 Å². The third-order valence-electron chi connectivity index (χ3n) is 6.25. The summed E-state index contributed by atoms with van der Waals surface area (Å²) >= 11 is 16.3. The summed E-state index contributed by atoms with van der Waals surface area (Å²) < 4.78 is 26.2. The van der Waals surface area contributed by atoms with Gasteiger partial charge in [-0.15, -0.1) is 24.8 Å². The normalized spacial score (nSPS) is 17.8. The van der Waals surface area contributed by atoms with Crippen LogP contribution >= 0.6 is 59.6 Å². The number of piperazine rings is 2. The summed E-state index contributed by atoms with van der Waals surface area (Å²) in [7, 11) is 0. The lowest BCUT2D eigenvalue weighted by molar-refractivity contribution is -0.126. The molecule has 2 aromatic carbocycles. The van der Waals surface area contributed by atoms with Crippen LogP contribution < -0.4 is 15.1 Å². The average Bonchev–Trinajstić information content (AvgIpc) is 2.92. The van der Waals surface area contributed by atoms with Gasteiger partial charge in [0.05, 0.1) is 10.0 Å². The van der Waals surface area contributed by atoms with E-state index >= 15 is 0 Å². The van der Waals surface area contributed by atoms with Crippen molar-refractivity contribution in [2.24, 2.45) is 0 Å². The third kappa shape index (κ3) is 12.0. The molecular formula is C28H35Cl5F2N4O2. The van der Waals surface area contributed by atoms with Crippen LogP contribution in [0.2, 0.25) is 10.0 Å². The van der Waals surface area contributed by atoms with E-state index < -0.39 is 11.1 Å². The fourth-order valence-electron chi connectivity index (χ4n) is 4.22. The molecular weight excluding hydrogens is 640 g/mol. The van der Waals surface area contributed by atoms with Crippen molar-refractivity contribution in [1.29, 1.82) is 0 Å². The van der Waals surface area contributed by atoms with Gasteiger partial charge in [-0.1, -0.05) is 36.4 Å². The first-order chi connectivity index (χ1) is 18.5. The standard InChI is InChI=1S/C14H16ClFN2O.C11H14ClFN2.C3H3ClO.2ClH/c1-3-14(19)17-6-7-18(10(2)9-17)11-4-5-13(16)12(15)8-11;1-8-7-14-4-5-15(8)9-2-3-11(13)10(12)6-9;1-2-3(4)5;;/h3-5,8,10H,1,6-7,9H2,2H3;2-3,6,8,14H,4-5,7H2,1H3;2H,1H2;2*1H/t10-;8-;;;/m00.../s1. The molecule has 2 aliphatic heterocycles. The van der Waals surface area contributed by atoms with E-state index in [4.69, 9.17) is 34.8 Å². The molecule has 2 aromatic rings. The lowest BCUT2D eigenvalue weighted by Crippen LogP contribution is -2.53. The van der Waals surface area contributed by atoms with Gasteiger partial charge in [0, 0.05) is 62.7 Å². The molecule has 6 nitrogen and oxygen atoms in total. The Bertz CT molecular complexity index is 1170. The van der Waals surface area contributed by atoms with Gasteiger partial charge in [0.2, 0.25) is 11.1 Å². The Kier molecular flexibility index (Phi) is 18.2. The molecule has 2 saturated heterocycles. The minimum absolute atomic E-state index is 0. The van der Waals surface area contributed by atoms with E-state index in [2.05, 4.69) is 35.2 Å². The van der Waals surface area contributed by atoms with E-state index in [1.165, 1.54) is 18.2 Å². The number of rotatable bonds is 4. The number of allylic oxidation sites excluding steroid dienone is 1. The first kappa shape index (κ1) is 38.9. The van der Waals surface area contributed by atoms with Gasteiger partial charge in [-0.25, -0.2) is 8.78 Å². The molecule has 0 unspecified atom stereocenters. The Balaban J connectivity index is 0.000000654. The lowest BCUT2D eigenvalue weighted by atomic mass is 10.1. The van der Waals surface area contributed by atoms with E-state index in [-0.39, 0.29) is 52.6 Å². The Hall–Kier alpha value is -2.07. The summed E-state index contributed by atoms with van der Waals surface area (Å²) in [4.78, 5) is 27.2. The van der Waals surface area contributed by atoms with Crippen LogP contribution in [0.25, 0.3) is 0 Å². The molecule has 13 heteroatoms. The molecule has 0 aromatic heterocycles. The number of amides is 1. The third-order valence-corrected chi connectivity index (χ3v) is 6.98. The van der Waals surface area contributed by atoms with Crippen LogP contribution in [0.1, 0.15) is 13.8 Å². The molecule has 0 spiro atoms. The quantitative estimate of drug-likeness (QED) is 0.287. The molecule has 228 valence electrons. The summed E-state index contributed by atoms with van der Waals surface area (Å²) in [6, 6.07) is 10.2. The summed E-state index contributed by atoms with van der Waals surface area (Å²) in [5.74, 6) is -0.828. The van der Waals surface area contributed by atoms with Crippen LogP contribution in [-0.2, 0) is 9.59 Å². The van der Waals surface area contributed by atoms with E-state index in [0.29, 0.717) is 25.7 Å². The van der Waals surface area contributed by atoms with Crippen LogP contribution in [-0.4, -0.2) is 67.4 Å². The smallest absolute Gasteiger partial charge is 0.246 e. The second kappa shape index (κ2) is 19.2. The maximum atomic E-state index is 13.2. The van der Waals surface area contributed by atoms with Crippen LogP contribution in [0.15, 0.2) is 61.7 Å². The van der Waals surface area contributed by atoms with Gasteiger partial charge >= 0.3 is 0 Å². The van der Waals surface area contributed by atoms with E-state index in [1.807, 2.05) is 6.92 Å². The van der Waals surface area contributed by atoms with Crippen molar-refractivity contribution in [2.45, 2.75) is 25.9 Å². The topological polar surface area (TPSA) is 55.9 Å². The van der Waals surface area contributed by atoms with Gasteiger partial charge in [0.15, 0.2) is 0 Å². The predicted molar refractivity (Wildman–Crippen MR) is 172 cm³/mol. The number of hydrogen-bond donors (Lipinski definition) is 1. The molecule has 0 aliphatic carbocycles. The van der Waals surface area contributed by atoms with Crippen LogP contribution in [0, 0.1) is 11.6 Å². The highest BCUT2D eigenvalue weighted by atomic mass is 35.5. The maximum absolute atomic E-state index is 13.2. The molecule has 0 saturated carbocycles. The van der Waals surface area contributed by atoms with E-state index in [1.54, 1.807) is 29.2 Å². The Morgan fingerprint density at radius 3 is 1.76 bits per heavy atom. The van der Waals surface area contributed by atoms with Crippen molar-refractivity contribution in [2.75, 3.05) is 49.1 Å². The highest BCUT2D eigenvalue weighted by Crippen LogP contribution is 2.26. The van der Waals surface area contributed by atoms with Crippen molar-refractivity contribution in [3.8, 4) is 0 Å². The van der Waals surface area contributed by atoms with Gasteiger partial charge in [0.1, 0.15) is 11.6 Å². The van der Waals surface area contributed by atoms with Gasteiger partial charge in [0.25, 0.3) is 0 Å². The monoisotopic (exact) mass is 672 g/mol. The summed E-state index contributed by atoms with van der Waals surface area (Å²) in [6.07, 6.45) is 2.37. The minimum Gasteiger partial charge on any atom is -0.366 e. The number of nitrogens with zero attached hydrogens (tertiary/aromatic N) is 3. The highest BCUT2D eigenvalue weighted by molar-refractivity contribution is 6.66. The molecule has 2 fully saturated rings. The number of carbonyl (C=O) groups is 2. The molecule has 0 bridgehead atoms. The molecule has 2 aliphatic rings. The van der Waals surface area contributed by atoms with Gasteiger partial charge in [-0.2, -0.15) is 0 Å². The molecule has 2 atom stereocenters. The zero-order valence-corrected chi connectivity index (χ0v) is 26.7. The number of carbonyl (C=O) groups excluding carboxylic acids is 2. The molecule has 0 radical (unpaired) electrons.